The van der Waals surface area contributed by atoms with E-state index in [4.69, 9.17) is 4.74 Å². The highest BCUT2D eigenvalue weighted by atomic mass is 79.9. The van der Waals surface area contributed by atoms with Crippen LogP contribution in [-0.4, -0.2) is 13.1 Å². The molecule has 1 N–H and O–H groups in total. The Morgan fingerprint density at radius 3 is 2.84 bits per heavy atom. The van der Waals surface area contributed by atoms with Gasteiger partial charge < -0.3 is 10.1 Å². The zero-order valence-corrected chi connectivity index (χ0v) is 13.6. The van der Waals surface area contributed by atoms with Gasteiger partial charge in [0.1, 0.15) is 0 Å². The van der Waals surface area contributed by atoms with Gasteiger partial charge in [-0.05, 0) is 38.8 Å². The predicted octanol–water partition coefficient (Wildman–Crippen LogP) is 3.97. The summed E-state index contributed by atoms with van der Waals surface area (Å²) in [4.78, 5) is 13.9. The quantitative estimate of drug-likeness (QED) is 0.793. The van der Waals surface area contributed by atoms with Crippen molar-refractivity contribution in [3.05, 3.63) is 43.2 Å². The molecule has 0 radical (unpaired) electrons. The molecule has 0 amide bonds. The number of hydrogen-bond acceptors (Lipinski definition) is 5. The van der Waals surface area contributed by atoms with Crippen LogP contribution in [0.2, 0.25) is 0 Å². The van der Waals surface area contributed by atoms with Crippen molar-refractivity contribution in [2.45, 2.75) is 19.0 Å². The Morgan fingerprint density at radius 2 is 2.26 bits per heavy atom. The second-order valence-electron chi connectivity index (χ2n) is 3.92. The fourth-order valence-corrected chi connectivity index (χ4v) is 3.93. The van der Waals surface area contributed by atoms with E-state index < -0.39 is 0 Å². The van der Waals surface area contributed by atoms with Crippen LogP contribution < -0.4 is 5.32 Å². The van der Waals surface area contributed by atoms with E-state index in [1.165, 1.54) is 12.0 Å². The zero-order valence-electron chi connectivity index (χ0n) is 10.4. The molecule has 1 atom stereocenters. The summed E-state index contributed by atoms with van der Waals surface area (Å²) >= 11 is 6.85. The molecule has 2 rings (SSSR count). The number of nitrogens with one attached hydrogen (secondary N) is 1. The third kappa shape index (κ3) is 4.14. The molecule has 2 aromatic heterocycles. The van der Waals surface area contributed by atoms with Crippen LogP contribution in [0, 0.1) is 0 Å². The molecular weight excluding hydrogens is 346 g/mol. The van der Waals surface area contributed by atoms with Gasteiger partial charge in [-0.15, -0.1) is 22.7 Å². The second-order valence-corrected chi connectivity index (χ2v) is 6.76. The first-order valence-corrected chi connectivity index (χ1v) is 8.31. The number of carbonyl (C=O) groups is 1. The third-order valence-corrected chi connectivity index (χ3v) is 5.60. The van der Waals surface area contributed by atoms with Gasteiger partial charge >= 0.3 is 5.97 Å². The largest absolute Gasteiger partial charge is 0.469 e. The van der Waals surface area contributed by atoms with Crippen LogP contribution >= 0.6 is 38.6 Å². The minimum atomic E-state index is -0.198. The highest BCUT2D eigenvalue weighted by Crippen LogP contribution is 2.26. The molecular formula is C13H14BrNO2S2. The van der Waals surface area contributed by atoms with Crippen molar-refractivity contribution in [1.29, 1.82) is 0 Å². The van der Waals surface area contributed by atoms with E-state index in [0.717, 1.165) is 15.9 Å². The number of thiophene rings is 2. The SMILES string of the molecule is COC(=O)CC(NCc1sccc1Br)c1cccs1. The Kier molecular flexibility index (Phi) is 5.57. The predicted molar refractivity (Wildman–Crippen MR) is 82.6 cm³/mol. The summed E-state index contributed by atoms with van der Waals surface area (Å²) in [6.07, 6.45) is 0.347. The lowest BCUT2D eigenvalue weighted by Crippen LogP contribution is -2.23. The zero-order chi connectivity index (χ0) is 13.7. The van der Waals surface area contributed by atoms with Crippen molar-refractivity contribution >= 4 is 44.6 Å². The summed E-state index contributed by atoms with van der Waals surface area (Å²) in [7, 11) is 1.42. The van der Waals surface area contributed by atoms with Crippen LogP contribution in [0.4, 0.5) is 0 Å². The molecule has 0 fully saturated rings. The van der Waals surface area contributed by atoms with Gasteiger partial charge in [0.2, 0.25) is 0 Å². The van der Waals surface area contributed by atoms with Crippen LogP contribution in [0.1, 0.15) is 22.2 Å². The molecule has 102 valence electrons. The highest BCUT2D eigenvalue weighted by molar-refractivity contribution is 9.10. The van der Waals surface area contributed by atoms with E-state index >= 15 is 0 Å². The van der Waals surface area contributed by atoms with E-state index in [1.54, 1.807) is 22.7 Å². The van der Waals surface area contributed by atoms with E-state index in [-0.39, 0.29) is 12.0 Å². The first-order valence-electron chi connectivity index (χ1n) is 5.76. The lowest BCUT2D eigenvalue weighted by Gasteiger charge is -2.16. The summed E-state index contributed by atoms with van der Waals surface area (Å²) in [5.74, 6) is -0.198. The Bertz CT molecular complexity index is 524. The highest BCUT2D eigenvalue weighted by Gasteiger charge is 2.17. The molecule has 1 unspecified atom stereocenters. The minimum absolute atomic E-state index is 0.00134. The molecule has 2 aromatic rings. The van der Waals surface area contributed by atoms with Gasteiger partial charge in [0.05, 0.1) is 19.6 Å². The lowest BCUT2D eigenvalue weighted by molar-refractivity contribution is -0.141. The van der Waals surface area contributed by atoms with E-state index in [1.807, 2.05) is 29.0 Å². The van der Waals surface area contributed by atoms with Crippen molar-refractivity contribution in [2.24, 2.45) is 0 Å². The number of ether oxygens (including phenoxy) is 1. The first-order chi connectivity index (χ1) is 9.20. The molecule has 0 aliphatic rings. The van der Waals surface area contributed by atoms with Crippen molar-refractivity contribution < 1.29 is 9.53 Å². The van der Waals surface area contributed by atoms with Crippen LogP contribution in [0.25, 0.3) is 0 Å². The fraction of sp³-hybridized carbons (Fsp3) is 0.308. The first kappa shape index (κ1) is 14.7. The van der Waals surface area contributed by atoms with E-state index in [0.29, 0.717) is 6.42 Å². The average Bonchev–Trinajstić information content (AvgIpc) is 3.06. The van der Waals surface area contributed by atoms with Crippen molar-refractivity contribution in [3.63, 3.8) is 0 Å². The number of rotatable bonds is 6. The monoisotopic (exact) mass is 359 g/mol. The Balaban J connectivity index is 2.02. The Morgan fingerprint density at radius 1 is 1.42 bits per heavy atom. The lowest BCUT2D eigenvalue weighted by atomic mass is 10.1. The number of methoxy groups -OCH3 is 1. The van der Waals surface area contributed by atoms with Gasteiger partial charge in [-0.25, -0.2) is 0 Å². The number of carbonyl (C=O) groups excluding carboxylic acids is 1. The van der Waals surface area contributed by atoms with Gasteiger partial charge in [0.25, 0.3) is 0 Å². The van der Waals surface area contributed by atoms with Crippen LogP contribution in [0.3, 0.4) is 0 Å². The van der Waals surface area contributed by atoms with Gasteiger partial charge in [-0.2, -0.15) is 0 Å². The van der Waals surface area contributed by atoms with Crippen molar-refractivity contribution in [2.75, 3.05) is 7.11 Å². The van der Waals surface area contributed by atoms with Gasteiger partial charge in [0.15, 0.2) is 0 Å². The normalized spacial score (nSPS) is 12.3. The molecule has 6 heteroatoms. The third-order valence-electron chi connectivity index (χ3n) is 2.69. The molecule has 2 heterocycles. The van der Waals surface area contributed by atoms with Gasteiger partial charge in [-0.3, -0.25) is 4.79 Å². The second kappa shape index (κ2) is 7.19. The maximum atomic E-state index is 11.5. The summed E-state index contributed by atoms with van der Waals surface area (Å²) in [5, 5.41) is 7.48. The van der Waals surface area contributed by atoms with Crippen LogP contribution in [0.5, 0.6) is 0 Å². The van der Waals surface area contributed by atoms with E-state index in [9.17, 15) is 4.79 Å². The minimum Gasteiger partial charge on any atom is -0.469 e. The Labute approximate surface area is 128 Å². The molecule has 3 nitrogen and oxygen atoms in total. The topological polar surface area (TPSA) is 38.3 Å². The van der Waals surface area contributed by atoms with E-state index in [2.05, 4.69) is 21.2 Å². The molecule has 0 aliphatic carbocycles. The molecule has 0 bridgehead atoms. The fourth-order valence-electron chi connectivity index (χ4n) is 1.68. The Hall–Kier alpha value is -0.690. The summed E-state index contributed by atoms with van der Waals surface area (Å²) in [6.45, 7) is 0.734. The van der Waals surface area contributed by atoms with Crippen LogP contribution in [0.15, 0.2) is 33.4 Å². The number of esters is 1. The molecule has 0 saturated carbocycles. The summed E-state index contributed by atoms with van der Waals surface area (Å²) < 4.78 is 5.86. The maximum absolute atomic E-state index is 11.5. The molecule has 0 aromatic carbocycles. The number of hydrogen-bond donors (Lipinski definition) is 1. The number of halogens is 1. The molecule has 0 spiro atoms. The van der Waals surface area contributed by atoms with Crippen LogP contribution in [-0.2, 0) is 16.1 Å². The van der Waals surface area contributed by atoms with Crippen molar-refractivity contribution in [3.8, 4) is 0 Å². The van der Waals surface area contributed by atoms with Gasteiger partial charge in [0, 0.05) is 20.8 Å². The standard InChI is InChI=1S/C13H14BrNO2S2/c1-17-13(16)7-10(11-3-2-5-18-11)15-8-12-9(14)4-6-19-12/h2-6,10,15H,7-8H2,1H3. The molecule has 0 saturated heterocycles. The average molecular weight is 360 g/mol. The smallest absolute Gasteiger partial charge is 0.307 e. The summed E-state index contributed by atoms with van der Waals surface area (Å²) in [5.41, 5.74) is 0. The van der Waals surface area contributed by atoms with Crippen molar-refractivity contribution in [1.82, 2.24) is 5.32 Å². The summed E-state index contributed by atoms with van der Waals surface area (Å²) in [6, 6.07) is 6.06. The maximum Gasteiger partial charge on any atom is 0.307 e. The van der Waals surface area contributed by atoms with Gasteiger partial charge in [-0.1, -0.05) is 6.07 Å². The molecule has 19 heavy (non-hydrogen) atoms. The molecule has 0 aliphatic heterocycles.